The molecule has 0 aromatic heterocycles. The van der Waals surface area contributed by atoms with Crippen molar-refractivity contribution in [2.75, 3.05) is 5.32 Å². The van der Waals surface area contributed by atoms with Crippen molar-refractivity contribution in [3.63, 3.8) is 0 Å². The molecule has 0 radical (unpaired) electrons. The maximum absolute atomic E-state index is 11.3. The van der Waals surface area contributed by atoms with Gasteiger partial charge in [-0.15, -0.1) is 0 Å². The number of benzene rings is 2. The standard InChI is InChI=1S/C16H13N3O3/c1-11(20)13-4-7-15(16(10-13)19(21)22)18-14-5-2-12(3-6-14)8-9-17/h2-7,10,18H,8H2,1H3. The lowest BCUT2D eigenvalue weighted by Crippen LogP contribution is -2.00. The van der Waals surface area contributed by atoms with Crippen molar-refractivity contribution in [3.8, 4) is 6.07 Å². The predicted molar refractivity (Wildman–Crippen MR) is 82.1 cm³/mol. The first-order valence-corrected chi connectivity index (χ1v) is 6.53. The number of nitriles is 1. The minimum Gasteiger partial charge on any atom is -0.350 e. The minimum absolute atomic E-state index is 0.159. The summed E-state index contributed by atoms with van der Waals surface area (Å²) in [5.41, 5.74) is 1.98. The Kier molecular flexibility index (Phi) is 4.49. The highest BCUT2D eigenvalue weighted by molar-refractivity contribution is 5.95. The van der Waals surface area contributed by atoms with E-state index in [-0.39, 0.29) is 11.5 Å². The summed E-state index contributed by atoms with van der Waals surface area (Å²) >= 11 is 0. The number of carbonyl (C=O) groups excluding carboxylic acids is 1. The van der Waals surface area contributed by atoms with Gasteiger partial charge in [0.05, 0.1) is 17.4 Å². The monoisotopic (exact) mass is 295 g/mol. The van der Waals surface area contributed by atoms with Gasteiger partial charge in [0.1, 0.15) is 5.69 Å². The van der Waals surface area contributed by atoms with Crippen LogP contribution < -0.4 is 5.32 Å². The molecule has 2 aromatic carbocycles. The van der Waals surface area contributed by atoms with Crippen LogP contribution in [0.15, 0.2) is 42.5 Å². The molecule has 6 nitrogen and oxygen atoms in total. The minimum atomic E-state index is -0.529. The Morgan fingerprint density at radius 2 is 1.95 bits per heavy atom. The van der Waals surface area contributed by atoms with Crippen LogP contribution >= 0.6 is 0 Å². The third kappa shape index (κ3) is 3.46. The molecule has 2 rings (SSSR count). The number of anilines is 2. The topological polar surface area (TPSA) is 96.0 Å². The number of rotatable bonds is 5. The fourth-order valence-corrected chi connectivity index (χ4v) is 1.96. The Hall–Kier alpha value is -3.20. The molecule has 2 aromatic rings. The highest BCUT2D eigenvalue weighted by Gasteiger charge is 2.16. The van der Waals surface area contributed by atoms with Crippen molar-refractivity contribution in [2.45, 2.75) is 13.3 Å². The Balaban J connectivity index is 2.30. The quantitative estimate of drug-likeness (QED) is 0.516. The van der Waals surface area contributed by atoms with Crippen molar-refractivity contribution < 1.29 is 9.72 Å². The van der Waals surface area contributed by atoms with Gasteiger partial charge in [0.2, 0.25) is 0 Å². The second kappa shape index (κ2) is 6.50. The second-order valence-corrected chi connectivity index (χ2v) is 4.70. The molecule has 22 heavy (non-hydrogen) atoms. The first-order chi connectivity index (χ1) is 10.5. The smallest absolute Gasteiger partial charge is 0.293 e. The van der Waals surface area contributed by atoms with Gasteiger partial charge >= 0.3 is 0 Å². The van der Waals surface area contributed by atoms with E-state index in [0.717, 1.165) is 5.56 Å². The second-order valence-electron chi connectivity index (χ2n) is 4.70. The highest BCUT2D eigenvalue weighted by atomic mass is 16.6. The maximum atomic E-state index is 11.3. The number of nitro groups is 1. The van der Waals surface area contributed by atoms with Gasteiger partial charge in [-0.1, -0.05) is 12.1 Å². The lowest BCUT2D eigenvalue weighted by molar-refractivity contribution is -0.383. The van der Waals surface area contributed by atoms with Gasteiger partial charge in [-0.25, -0.2) is 0 Å². The number of nitrogens with one attached hydrogen (secondary N) is 1. The average Bonchev–Trinajstić information content (AvgIpc) is 2.49. The zero-order valence-electron chi connectivity index (χ0n) is 11.9. The van der Waals surface area contributed by atoms with Gasteiger partial charge in [-0.05, 0) is 36.8 Å². The van der Waals surface area contributed by atoms with Crippen LogP contribution in [0.1, 0.15) is 22.8 Å². The first kappa shape index (κ1) is 15.2. The zero-order chi connectivity index (χ0) is 16.1. The van der Waals surface area contributed by atoms with E-state index in [9.17, 15) is 14.9 Å². The van der Waals surface area contributed by atoms with Gasteiger partial charge in [0, 0.05) is 17.3 Å². The summed E-state index contributed by atoms with van der Waals surface area (Å²) in [6, 6.07) is 13.4. The summed E-state index contributed by atoms with van der Waals surface area (Å²) in [5, 5.41) is 22.7. The third-order valence-electron chi connectivity index (χ3n) is 3.12. The maximum Gasteiger partial charge on any atom is 0.293 e. The highest BCUT2D eigenvalue weighted by Crippen LogP contribution is 2.29. The Morgan fingerprint density at radius 3 is 2.50 bits per heavy atom. The van der Waals surface area contributed by atoms with Crippen LogP contribution in [0.3, 0.4) is 0 Å². The Labute approximate surface area is 127 Å². The van der Waals surface area contributed by atoms with Crippen LogP contribution in [-0.4, -0.2) is 10.7 Å². The van der Waals surface area contributed by atoms with E-state index in [1.165, 1.54) is 19.1 Å². The SMILES string of the molecule is CC(=O)c1ccc(Nc2ccc(CC#N)cc2)c([N+](=O)[O-])c1. The van der Waals surface area contributed by atoms with E-state index in [0.29, 0.717) is 23.4 Å². The molecule has 0 bridgehead atoms. The number of hydrogen-bond acceptors (Lipinski definition) is 5. The molecule has 0 unspecified atom stereocenters. The summed E-state index contributed by atoms with van der Waals surface area (Å²) in [4.78, 5) is 21.9. The van der Waals surface area contributed by atoms with Crippen LogP contribution in [0.25, 0.3) is 0 Å². The van der Waals surface area contributed by atoms with Crippen LogP contribution in [0.2, 0.25) is 0 Å². The Bertz CT molecular complexity index is 761. The number of hydrogen-bond donors (Lipinski definition) is 1. The van der Waals surface area contributed by atoms with Gasteiger partial charge in [-0.3, -0.25) is 14.9 Å². The summed E-state index contributed by atoms with van der Waals surface area (Å²) in [6.45, 7) is 1.36. The first-order valence-electron chi connectivity index (χ1n) is 6.53. The number of ketones is 1. The van der Waals surface area contributed by atoms with E-state index in [1.807, 2.05) is 0 Å². The van der Waals surface area contributed by atoms with Crippen LogP contribution in [0.5, 0.6) is 0 Å². The molecule has 0 amide bonds. The van der Waals surface area contributed by atoms with Crippen molar-refractivity contribution >= 4 is 22.8 Å². The normalized spacial score (nSPS) is 9.82. The molecule has 0 saturated heterocycles. The molecule has 0 aliphatic rings. The van der Waals surface area contributed by atoms with Crippen molar-refractivity contribution in [1.82, 2.24) is 0 Å². The zero-order valence-corrected chi connectivity index (χ0v) is 11.9. The summed E-state index contributed by atoms with van der Waals surface area (Å²) < 4.78 is 0. The molecule has 0 saturated carbocycles. The van der Waals surface area contributed by atoms with Gasteiger partial charge in [-0.2, -0.15) is 5.26 Å². The van der Waals surface area contributed by atoms with E-state index in [1.54, 1.807) is 30.3 Å². The molecule has 0 atom stereocenters. The predicted octanol–water partition coefficient (Wildman–Crippen LogP) is 3.61. The van der Waals surface area contributed by atoms with Crippen molar-refractivity contribution in [2.24, 2.45) is 0 Å². The largest absolute Gasteiger partial charge is 0.350 e. The van der Waals surface area contributed by atoms with Gasteiger partial charge in [0.25, 0.3) is 5.69 Å². The molecule has 0 heterocycles. The van der Waals surface area contributed by atoms with E-state index in [4.69, 9.17) is 5.26 Å². The molecule has 0 aliphatic carbocycles. The summed E-state index contributed by atoms with van der Waals surface area (Å²) in [5.74, 6) is -0.226. The Morgan fingerprint density at radius 1 is 1.27 bits per heavy atom. The number of Topliss-reactive ketones (excluding diaryl/α,β-unsaturated/α-hetero) is 1. The van der Waals surface area contributed by atoms with E-state index < -0.39 is 4.92 Å². The molecule has 1 N–H and O–H groups in total. The van der Waals surface area contributed by atoms with E-state index >= 15 is 0 Å². The summed E-state index contributed by atoms with van der Waals surface area (Å²) in [7, 11) is 0. The van der Waals surface area contributed by atoms with Crippen LogP contribution in [0.4, 0.5) is 17.1 Å². The molecule has 110 valence electrons. The van der Waals surface area contributed by atoms with Crippen molar-refractivity contribution in [1.29, 1.82) is 5.26 Å². The summed E-state index contributed by atoms with van der Waals surface area (Å²) in [6.07, 6.45) is 0.313. The molecule has 0 aliphatic heterocycles. The van der Waals surface area contributed by atoms with Crippen molar-refractivity contribution in [3.05, 3.63) is 63.7 Å². The van der Waals surface area contributed by atoms with Crippen LogP contribution in [0, 0.1) is 21.4 Å². The third-order valence-corrected chi connectivity index (χ3v) is 3.12. The lowest BCUT2D eigenvalue weighted by Gasteiger charge is -2.08. The number of carbonyl (C=O) groups is 1. The molecule has 6 heteroatoms. The lowest BCUT2D eigenvalue weighted by atomic mass is 10.1. The fraction of sp³-hybridized carbons (Fsp3) is 0.125. The number of nitrogens with zero attached hydrogens (tertiary/aromatic N) is 2. The number of nitro benzene ring substituents is 1. The van der Waals surface area contributed by atoms with Gasteiger partial charge < -0.3 is 5.32 Å². The molecule has 0 spiro atoms. The fourth-order valence-electron chi connectivity index (χ4n) is 1.96. The van der Waals surface area contributed by atoms with Crippen LogP contribution in [-0.2, 0) is 6.42 Å². The molecular weight excluding hydrogens is 282 g/mol. The van der Waals surface area contributed by atoms with Gasteiger partial charge in [0.15, 0.2) is 5.78 Å². The molecular formula is C16H13N3O3. The van der Waals surface area contributed by atoms with E-state index in [2.05, 4.69) is 11.4 Å². The average molecular weight is 295 g/mol. The molecule has 0 fully saturated rings.